The first-order valence-corrected chi connectivity index (χ1v) is 6.15. The summed E-state index contributed by atoms with van der Waals surface area (Å²) in [6, 6.07) is 0.00617. The molecule has 0 aliphatic heterocycles. The zero-order valence-corrected chi connectivity index (χ0v) is 11.0. The highest BCUT2D eigenvalue weighted by molar-refractivity contribution is 5.79. The summed E-state index contributed by atoms with van der Waals surface area (Å²) in [5.41, 5.74) is 5.57. The number of halogens is 3. The van der Waals surface area contributed by atoms with E-state index >= 15 is 0 Å². The Morgan fingerprint density at radius 2 is 1.94 bits per heavy atom. The molecule has 6 heteroatoms. The number of alkyl halides is 3. The Kier molecular flexibility index (Phi) is 4.30. The first-order valence-electron chi connectivity index (χ1n) is 6.15. The van der Waals surface area contributed by atoms with E-state index in [4.69, 9.17) is 5.73 Å². The highest BCUT2D eigenvalue weighted by Crippen LogP contribution is 2.44. The lowest BCUT2D eigenvalue weighted by Crippen LogP contribution is -2.52. The molecule has 0 saturated heterocycles. The van der Waals surface area contributed by atoms with Crippen molar-refractivity contribution in [2.45, 2.75) is 45.8 Å². The largest absolute Gasteiger partial charge is 0.405 e. The second-order valence-electron chi connectivity index (χ2n) is 5.74. The maximum atomic E-state index is 12.1. The Balaban J connectivity index is 2.68. The molecule has 3 atom stereocenters. The van der Waals surface area contributed by atoms with Crippen LogP contribution in [0.1, 0.15) is 33.6 Å². The molecular weight excluding hydrogens is 245 g/mol. The predicted octanol–water partition coefficient (Wildman–Crippen LogP) is 2.06. The minimum Gasteiger partial charge on any atom is -0.347 e. The van der Waals surface area contributed by atoms with Crippen molar-refractivity contribution < 1.29 is 18.0 Å². The lowest BCUT2D eigenvalue weighted by molar-refractivity contribution is -0.145. The van der Waals surface area contributed by atoms with Gasteiger partial charge in [-0.3, -0.25) is 4.79 Å². The van der Waals surface area contributed by atoms with Crippen LogP contribution in [-0.4, -0.2) is 24.7 Å². The van der Waals surface area contributed by atoms with Crippen LogP contribution >= 0.6 is 0 Å². The van der Waals surface area contributed by atoms with Crippen molar-refractivity contribution >= 4 is 5.91 Å². The summed E-state index contributed by atoms with van der Waals surface area (Å²) >= 11 is 0. The lowest BCUT2D eigenvalue weighted by Gasteiger charge is -2.46. The number of amides is 1. The van der Waals surface area contributed by atoms with E-state index in [2.05, 4.69) is 0 Å². The highest BCUT2D eigenvalue weighted by atomic mass is 19.4. The second-order valence-corrected chi connectivity index (χ2v) is 5.74. The molecule has 0 aromatic rings. The first-order chi connectivity index (χ1) is 8.05. The molecule has 0 aromatic heterocycles. The molecule has 3 unspecified atom stereocenters. The molecule has 0 aromatic carbocycles. The van der Waals surface area contributed by atoms with Gasteiger partial charge in [-0.15, -0.1) is 0 Å². The minimum atomic E-state index is -4.36. The minimum absolute atomic E-state index is 0.00617. The number of carbonyl (C=O) groups excluding carboxylic acids is 1. The van der Waals surface area contributed by atoms with Gasteiger partial charge in [-0.25, -0.2) is 0 Å². The van der Waals surface area contributed by atoms with Crippen molar-refractivity contribution in [2.75, 3.05) is 6.54 Å². The first kappa shape index (κ1) is 15.3. The van der Waals surface area contributed by atoms with E-state index in [0.717, 1.165) is 0 Å². The summed E-state index contributed by atoms with van der Waals surface area (Å²) < 4.78 is 36.2. The normalized spacial score (nSPS) is 32.1. The van der Waals surface area contributed by atoms with Crippen LogP contribution in [0.25, 0.3) is 0 Å². The summed E-state index contributed by atoms with van der Waals surface area (Å²) in [6.45, 7) is 4.48. The molecule has 0 spiro atoms. The number of nitrogens with one attached hydrogen (secondary N) is 1. The fraction of sp³-hybridized carbons (Fsp3) is 0.917. The Bertz CT molecular complexity index is 315. The summed E-state index contributed by atoms with van der Waals surface area (Å²) in [6.07, 6.45) is -3.15. The smallest absolute Gasteiger partial charge is 0.347 e. The topological polar surface area (TPSA) is 55.1 Å². The number of nitrogens with two attached hydrogens (primary N) is 1. The van der Waals surface area contributed by atoms with Crippen molar-refractivity contribution in [1.29, 1.82) is 0 Å². The summed E-state index contributed by atoms with van der Waals surface area (Å²) in [5, 5.41) is 1.98. The monoisotopic (exact) mass is 266 g/mol. The van der Waals surface area contributed by atoms with Crippen LogP contribution in [0, 0.1) is 17.3 Å². The van der Waals surface area contributed by atoms with Crippen molar-refractivity contribution in [1.82, 2.24) is 5.32 Å². The summed E-state index contributed by atoms with van der Waals surface area (Å²) in [4.78, 5) is 11.9. The Morgan fingerprint density at radius 3 is 2.44 bits per heavy atom. The van der Waals surface area contributed by atoms with Crippen molar-refractivity contribution in [3.63, 3.8) is 0 Å². The average molecular weight is 266 g/mol. The quantitative estimate of drug-likeness (QED) is 0.804. The summed E-state index contributed by atoms with van der Waals surface area (Å²) in [5.74, 6) is -0.821. The van der Waals surface area contributed by atoms with Gasteiger partial charge in [0, 0.05) is 12.0 Å². The molecule has 1 rings (SSSR count). The molecule has 1 fully saturated rings. The molecule has 0 bridgehead atoms. The summed E-state index contributed by atoms with van der Waals surface area (Å²) in [7, 11) is 0. The van der Waals surface area contributed by atoms with Crippen LogP contribution in [0.4, 0.5) is 13.2 Å². The fourth-order valence-electron chi connectivity index (χ4n) is 2.63. The lowest BCUT2D eigenvalue weighted by atomic mass is 9.61. The number of carbonyl (C=O) groups is 1. The molecule has 1 aliphatic rings. The molecule has 1 saturated carbocycles. The van der Waals surface area contributed by atoms with Crippen molar-refractivity contribution in [3.8, 4) is 0 Å². The van der Waals surface area contributed by atoms with Crippen LogP contribution in [0.3, 0.4) is 0 Å². The van der Waals surface area contributed by atoms with Crippen molar-refractivity contribution in [3.05, 3.63) is 0 Å². The van der Waals surface area contributed by atoms with E-state index in [1.165, 1.54) is 0 Å². The molecule has 3 N–H and O–H groups in total. The van der Waals surface area contributed by atoms with Gasteiger partial charge in [0.1, 0.15) is 6.54 Å². The maximum Gasteiger partial charge on any atom is 0.405 e. The molecule has 3 nitrogen and oxygen atoms in total. The molecule has 0 heterocycles. The molecule has 1 aliphatic carbocycles. The number of rotatable bonds is 2. The van der Waals surface area contributed by atoms with Gasteiger partial charge >= 0.3 is 6.18 Å². The third-order valence-corrected chi connectivity index (χ3v) is 4.28. The molecule has 0 radical (unpaired) electrons. The van der Waals surface area contributed by atoms with Gasteiger partial charge in [0.25, 0.3) is 0 Å². The van der Waals surface area contributed by atoms with Gasteiger partial charge in [-0.1, -0.05) is 20.8 Å². The van der Waals surface area contributed by atoms with Crippen LogP contribution in [-0.2, 0) is 4.79 Å². The molecule has 106 valence electrons. The Labute approximate surface area is 105 Å². The van der Waals surface area contributed by atoms with E-state index in [1.807, 2.05) is 26.1 Å². The van der Waals surface area contributed by atoms with Crippen LogP contribution in [0.5, 0.6) is 0 Å². The second kappa shape index (κ2) is 5.07. The number of hydrogen-bond donors (Lipinski definition) is 2. The Hall–Kier alpha value is -0.780. The standard InChI is InChI=1S/C12H21F3N2O/c1-7-9(16)5-4-8(11(7,2)3)10(18)17-6-12(13,14)15/h7-9H,4-6,16H2,1-3H3,(H,17,18). The van der Waals surface area contributed by atoms with Crippen molar-refractivity contribution in [2.24, 2.45) is 23.0 Å². The van der Waals surface area contributed by atoms with Gasteiger partial charge in [0.05, 0.1) is 0 Å². The van der Waals surface area contributed by atoms with E-state index in [0.29, 0.717) is 12.8 Å². The maximum absolute atomic E-state index is 12.1. The fourth-order valence-corrected chi connectivity index (χ4v) is 2.63. The van der Waals surface area contributed by atoms with Crippen LogP contribution < -0.4 is 11.1 Å². The molecular formula is C12H21F3N2O. The zero-order valence-electron chi connectivity index (χ0n) is 11.0. The van der Waals surface area contributed by atoms with E-state index < -0.39 is 24.5 Å². The predicted molar refractivity (Wildman–Crippen MR) is 62.7 cm³/mol. The third kappa shape index (κ3) is 3.37. The molecule has 18 heavy (non-hydrogen) atoms. The molecule has 1 amide bonds. The zero-order chi connectivity index (χ0) is 14.1. The Morgan fingerprint density at radius 1 is 1.39 bits per heavy atom. The van der Waals surface area contributed by atoms with Crippen LogP contribution in [0.15, 0.2) is 0 Å². The average Bonchev–Trinajstić information content (AvgIpc) is 2.22. The van der Waals surface area contributed by atoms with Gasteiger partial charge in [-0.2, -0.15) is 13.2 Å². The van der Waals surface area contributed by atoms with Gasteiger partial charge in [0.2, 0.25) is 5.91 Å². The number of hydrogen-bond acceptors (Lipinski definition) is 2. The SMILES string of the molecule is CC1C(N)CCC(C(=O)NCC(F)(F)F)C1(C)C. The van der Waals surface area contributed by atoms with E-state index in [1.54, 1.807) is 0 Å². The van der Waals surface area contributed by atoms with Crippen LogP contribution in [0.2, 0.25) is 0 Å². The van der Waals surface area contributed by atoms with Gasteiger partial charge in [0.15, 0.2) is 0 Å². The third-order valence-electron chi connectivity index (χ3n) is 4.28. The van der Waals surface area contributed by atoms with Gasteiger partial charge < -0.3 is 11.1 Å². The van der Waals surface area contributed by atoms with E-state index in [9.17, 15) is 18.0 Å². The van der Waals surface area contributed by atoms with E-state index in [-0.39, 0.29) is 17.4 Å². The highest BCUT2D eigenvalue weighted by Gasteiger charge is 2.45. The van der Waals surface area contributed by atoms with Gasteiger partial charge in [-0.05, 0) is 24.2 Å².